The molecule has 1 aliphatic carbocycles. The predicted octanol–water partition coefficient (Wildman–Crippen LogP) is 1.36. The normalized spacial score (nSPS) is 21.5. The number of carbonyl (C=O) groups excluding carboxylic acids is 2. The van der Waals surface area contributed by atoms with Crippen LogP contribution in [0.1, 0.15) is 53.1 Å². The maximum atomic E-state index is 13.2. The zero-order valence-electron chi connectivity index (χ0n) is 17.4. The van der Waals surface area contributed by atoms with Gasteiger partial charge in [0.15, 0.2) is 11.6 Å². The molecule has 2 aromatic heterocycles. The molecule has 1 aliphatic heterocycles. The summed E-state index contributed by atoms with van der Waals surface area (Å²) >= 11 is 0. The highest BCUT2D eigenvalue weighted by Gasteiger charge is 2.27. The van der Waals surface area contributed by atoms with Crippen LogP contribution in [-0.2, 0) is 22.7 Å². The van der Waals surface area contributed by atoms with Crippen molar-refractivity contribution >= 4 is 21.5 Å². The third-order valence-corrected chi connectivity index (χ3v) is 7.67. The third-order valence-electron chi connectivity index (χ3n) is 5.42. The predicted molar refractivity (Wildman–Crippen MR) is 112 cm³/mol. The van der Waals surface area contributed by atoms with E-state index in [1.165, 1.54) is 23.1 Å². The summed E-state index contributed by atoms with van der Waals surface area (Å²) in [7, 11) is -2.82. The van der Waals surface area contributed by atoms with Gasteiger partial charge in [0.25, 0.3) is 11.5 Å². The second-order valence-electron chi connectivity index (χ2n) is 7.87. The number of aromatic nitrogens is 3. The molecular formula is C20H25N5O5S. The monoisotopic (exact) mass is 447 g/mol. The highest BCUT2D eigenvalue weighted by Crippen LogP contribution is 2.32. The van der Waals surface area contributed by atoms with Crippen LogP contribution in [0.15, 0.2) is 32.0 Å². The Bertz CT molecular complexity index is 1170. The molecule has 1 unspecified atom stereocenters. The van der Waals surface area contributed by atoms with E-state index in [2.05, 4.69) is 14.4 Å². The number of rotatable bonds is 5. The Balaban J connectivity index is 1.45. The molecule has 3 heterocycles. The second kappa shape index (κ2) is 8.74. The molecule has 1 atom stereocenters. The van der Waals surface area contributed by atoms with Gasteiger partial charge in [0.2, 0.25) is 0 Å². The van der Waals surface area contributed by atoms with Crippen molar-refractivity contribution in [1.29, 1.82) is 0 Å². The molecular weight excluding hydrogens is 422 g/mol. The first-order valence-corrected chi connectivity index (χ1v) is 12.3. The maximum absolute atomic E-state index is 13.2. The van der Waals surface area contributed by atoms with Crippen LogP contribution < -0.4 is 5.56 Å². The Morgan fingerprint density at radius 1 is 1.23 bits per heavy atom. The number of carbonyl (C=O) groups is 2. The fourth-order valence-corrected chi connectivity index (χ4v) is 5.33. The Hall–Kier alpha value is -2.82. The van der Waals surface area contributed by atoms with E-state index in [-0.39, 0.29) is 40.9 Å². The van der Waals surface area contributed by atoms with Crippen molar-refractivity contribution in [2.75, 3.05) is 24.6 Å². The van der Waals surface area contributed by atoms with Crippen LogP contribution in [0.4, 0.5) is 0 Å². The van der Waals surface area contributed by atoms with Gasteiger partial charge in [0.1, 0.15) is 12.0 Å². The second-order valence-corrected chi connectivity index (χ2v) is 10.4. The molecule has 2 fully saturated rings. The number of aryl methyl sites for hydroxylation is 1. The van der Waals surface area contributed by atoms with E-state index < -0.39 is 15.6 Å². The molecule has 0 aromatic carbocycles. The lowest BCUT2D eigenvalue weighted by Crippen LogP contribution is -2.35. The highest BCUT2D eigenvalue weighted by molar-refractivity contribution is 7.93. The maximum Gasteiger partial charge on any atom is 0.307 e. The molecule has 31 heavy (non-hydrogen) atoms. The van der Waals surface area contributed by atoms with E-state index in [4.69, 9.17) is 4.42 Å². The van der Waals surface area contributed by atoms with E-state index in [0.717, 1.165) is 12.8 Å². The first kappa shape index (κ1) is 21.4. The van der Waals surface area contributed by atoms with Gasteiger partial charge in [0.05, 0.1) is 9.73 Å². The van der Waals surface area contributed by atoms with Crippen molar-refractivity contribution < 1.29 is 18.2 Å². The van der Waals surface area contributed by atoms with Crippen molar-refractivity contribution in [3.63, 3.8) is 0 Å². The molecule has 11 heteroatoms. The highest BCUT2D eigenvalue weighted by atomic mass is 32.2. The molecule has 166 valence electrons. The summed E-state index contributed by atoms with van der Waals surface area (Å²) in [6, 6.07) is 2.71. The van der Waals surface area contributed by atoms with Gasteiger partial charge >= 0.3 is 5.91 Å². The van der Waals surface area contributed by atoms with Crippen molar-refractivity contribution in [1.82, 2.24) is 19.7 Å². The van der Waals surface area contributed by atoms with Crippen LogP contribution >= 0.6 is 0 Å². The number of amides is 2. The van der Waals surface area contributed by atoms with Crippen molar-refractivity contribution in [2.45, 2.75) is 39.2 Å². The zero-order chi connectivity index (χ0) is 22.0. The Labute approximate surface area is 179 Å². The first-order chi connectivity index (χ1) is 14.9. The minimum absolute atomic E-state index is 0.0709. The van der Waals surface area contributed by atoms with Gasteiger partial charge in [-0.15, -0.1) is 0 Å². The quantitative estimate of drug-likeness (QED) is 0.677. The topological polar surface area (TPSA) is 128 Å². The van der Waals surface area contributed by atoms with Gasteiger partial charge in [-0.05, 0) is 38.2 Å². The van der Waals surface area contributed by atoms with Gasteiger partial charge < -0.3 is 9.32 Å². The average molecular weight is 448 g/mol. The zero-order valence-corrected chi connectivity index (χ0v) is 18.2. The molecule has 10 nitrogen and oxygen atoms in total. The lowest BCUT2D eigenvalue weighted by atomic mass is 10.3. The molecule has 2 aromatic rings. The number of nitrogens with zero attached hydrogens (tertiary/aromatic N) is 5. The van der Waals surface area contributed by atoms with Crippen LogP contribution in [0.25, 0.3) is 0 Å². The molecule has 0 spiro atoms. The van der Waals surface area contributed by atoms with E-state index >= 15 is 0 Å². The SMILES string of the molecule is CCn1nc(C(=O)N2CCCS(=O)(=NC(=O)c3coc(CC4CC4)n3)CC2)ccc1=O. The van der Waals surface area contributed by atoms with Crippen LogP contribution in [0, 0.1) is 5.92 Å². The number of oxazole rings is 1. The van der Waals surface area contributed by atoms with Crippen LogP contribution in [0.5, 0.6) is 0 Å². The van der Waals surface area contributed by atoms with Crippen LogP contribution in [0.2, 0.25) is 0 Å². The molecule has 0 bridgehead atoms. The summed E-state index contributed by atoms with van der Waals surface area (Å²) in [6.45, 7) is 2.69. The minimum atomic E-state index is -2.82. The minimum Gasteiger partial charge on any atom is -0.448 e. The van der Waals surface area contributed by atoms with E-state index in [9.17, 15) is 18.6 Å². The Morgan fingerprint density at radius 2 is 2.03 bits per heavy atom. The number of hydrogen-bond donors (Lipinski definition) is 0. The van der Waals surface area contributed by atoms with Gasteiger partial charge in [-0.2, -0.15) is 9.46 Å². The number of hydrogen-bond acceptors (Lipinski definition) is 7. The van der Waals surface area contributed by atoms with E-state index in [1.54, 1.807) is 11.8 Å². The van der Waals surface area contributed by atoms with E-state index in [0.29, 0.717) is 37.7 Å². The largest absolute Gasteiger partial charge is 0.448 e. The van der Waals surface area contributed by atoms with Gasteiger partial charge in [-0.1, -0.05) is 0 Å². The lowest BCUT2D eigenvalue weighted by molar-refractivity contribution is 0.0759. The summed E-state index contributed by atoms with van der Waals surface area (Å²) in [6.07, 6.45) is 4.72. The van der Waals surface area contributed by atoms with Gasteiger partial charge in [0, 0.05) is 43.6 Å². The van der Waals surface area contributed by atoms with Crippen molar-refractivity contribution in [3.05, 3.63) is 46.0 Å². The van der Waals surface area contributed by atoms with Crippen molar-refractivity contribution in [2.24, 2.45) is 10.3 Å². The molecule has 2 amide bonds. The summed E-state index contributed by atoms with van der Waals surface area (Å²) < 4.78 is 23.7. The van der Waals surface area contributed by atoms with E-state index in [1.807, 2.05) is 0 Å². The third kappa shape index (κ3) is 5.09. The molecule has 1 saturated carbocycles. The molecule has 4 rings (SSSR count). The van der Waals surface area contributed by atoms with Crippen LogP contribution in [0.3, 0.4) is 0 Å². The first-order valence-electron chi connectivity index (χ1n) is 10.5. The Morgan fingerprint density at radius 3 is 2.77 bits per heavy atom. The fraction of sp³-hybridized carbons (Fsp3) is 0.550. The summed E-state index contributed by atoms with van der Waals surface area (Å²) in [5, 5.41) is 4.09. The average Bonchev–Trinajstić information content (AvgIpc) is 3.48. The fourth-order valence-electron chi connectivity index (χ4n) is 3.46. The van der Waals surface area contributed by atoms with Crippen molar-refractivity contribution in [3.8, 4) is 0 Å². The molecule has 1 saturated heterocycles. The van der Waals surface area contributed by atoms with Gasteiger partial charge in [-0.25, -0.2) is 13.9 Å². The smallest absolute Gasteiger partial charge is 0.307 e. The molecule has 0 radical (unpaired) electrons. The van der Waals surface area contributed by atoms with Crippen LogP contribution in [-0.4, -0.2) is 60.3 Å². The van der Waals surface area contributed by atoms with Gasteiger partial charge in [-0.3, -0.25) is 14.4 Å². The Kier molecular flexibility index (Phi) is 6.03. The molecule has 2 aliphatic rings. The summed E-state index contributed by atoms with van der Waals surface area (Å²) in [5.41, 5.74) is -0.0429. The molecule has 0 N–H and O–H groups in total. The lowest BCUT2D eigenvalue weighted by Gasteiger charge is -2.19. The standard InChI is InChI=1S/C20H25N5O5S/c1-2-25-18(26)7-6-15(22-25)20(28)24-8-3-10-31(29,11-9-24)23-19(27)16-13-30-17(21-16)12-14-4-5-14/h6-7,13-14H,2-5,8-12H2,1H3. The summed E-state index contributed by atoms with van der Waals surface area (Å²) in [5.74, 6) is 0.411. The summed E-state index contributed by atoms with van der Waals surface area (Å²) in [4.78, 5) is 42.7.